The molecule has 0 aliphatic rings. The van der Waals surface area contributed by atoms with Crippen molar-refractivity contribution in [3.63, 3.8) is 0 Å². The summed E-state index contributed by atoms with van der Waals surface area (Å²) < 4.78 is 33.1. The number of nitrogen functional groups attached to an aromatic ring is 1. The van der Waals surface area contributed by atoms with Crippen LogP contribution in [0.5, 0.6) is 0 Å². The Balaban J connectivity index is 2.66. The summed E-state index contributed by atoms with van der Waals surface area (Å²) in [6.07, 6.45) is 2.40. The Morgan fingerprint density at radius 2 is 2.06 bits per heavy atom. The summed E-state index contributed by atoms with van der Waals surface area (Å²) in [5.41, 5.74) is 6.68. The number of hydrogen-bond acceptors (Lipinski definition) is 5. The lowest BCUT2D eigenvalue weighted by atomic mass is 10.2. The zero-order valence-corrected chi connectivity index (χ0v) is 11.7. The second kappa shape index (κ2) is 6.17. The fraction of sp³-hybridized carbons (Fsp3) is 0.400. The molecule has 0 aliphatic heterocycles. The number of nitrogens with two attached hydrogens (primary N) is 2. The van der Waals surface area contributed by atoms with Gasteiger partial charge in [-0.25, -0.2) is 13.6 Å². The number of hydrogen-bond donors (Lipinski definition) is 3. The number of benzene rings is 1. The molecule has 1 aromatic carbocycles. The van der Waals surface area contributed by atoms with Crippen molar-refractivity contribution in [2.45, 2.75) is 11.3 Å². The van der Waals surface area contributed by atoms with Crippen molar-refractivity contribution in [3.8, 4) is 0 Å². The van der Waals surface area contributed by atoms with Crippen LogP contribution in [0, 0.1) is 0 Å². The topological polar surface area (TPSA) is 115 Å². The van der Waals surface area contributed by atoms with E-state index in [2.05, 4.69) is 5.32 Å². The van der Waals surface area contributed by atoms with Gasteiger partial charge in [0, 0.05) is 29.4 Å². The van der Waals surface area contributed by atoms with Crippen LogP contribution < -0.4 is 16.2 Å². The van der Waals surface area contributed by atoms with Gasteiger partial charge in [-0.05, 0) is 24.6 Å². The highest BCUT2D eigenvalue weighted by Gasteiger charge is 2.09. The number of nitrogens with one attached hydrogen (secondary N) is 1. The van der Waals surface area contributed by atoms with Crippen LogP contribution in [0.2, 0.25) is 0 Å². The summed E-state index contributed by atoms with van der Waals surface area (Å²) in [5.74, 6) is 0.613. The molecule has 0 amide bonds. The lowest BCUT2D eigenvalue weighted by molar-refractivity contribution is 0.598. The van der Waals surface area contributed by atoms with Crippen LogP contribution >= 0.6 is 0 Å². The molecular weight excluding hydrogens is 274 g/mol. The van der Waals surface area contributed by atoms with Gasteiger partial charge in [0.1, 0.15) is 0 Å². The maximum atomic E-state index is 11.1. The molecule has 1 unspecified atom stereocenters. The summed E-state index contributed by atoms with van der Waals surface area (Å²) in [5, 5.41) is 8.04. The molecule has 0 saturated carbocycles. The minimum Gasteiger partial charge on any atom is -0.397 e. The lowest BCUT2D eigenvalue weighted by Crippen LogP contribution is -2.13. The molecule has 0 aliphatic carbocycles. The van der Waals surface area contributed by atoms with Crippen LogP contribution in [0.4, 0.5) is 11.4 Å². The van der Waals surface area contributed by atoms with Gasteiger partial charge in [0.05, 0.1) is 16.3 Å². The van der Waals surface area contributed by atoms with E-state index in [1.54, 1.807) is 12.3 Å². The van der Waals surface area contributed by atoms with Gasteiger partial charge in [0.25, 0.3) is 0 Å². The molecule has 0 bridgehead atoms. The average molecular weight is 291 g/mol. The third-order valence-electron chi connectivity index (χ3n) is 2.28. The molecule has 0 radical (unpaired) electrons. The third kappa shape index (κ3) is 4.63. The zero-order valence-electron chi connectivity index (χ0n) is 10.0. The van der Waals surface area contributed by atoms with Crippen LogP contribution in [0.15, 0.2) is 23.1 Å². The summed E-state index contributed by atoms with van der Waals surface area (Å²) in [4.78, 5) is -0.0137. The Bertz CT molecular complexity index is 543. The van der Waals surface area contributed by atoms with E-state index in [0.717, 1.165) is 6.42 Å². The first-order chi connectivity index (χ1) is 8.30. The molecule has 1 aromatic rings. The van der Waals surface area contributed by atoms with Gasteiger partial charge in [0.15, 0.2) is 0 Å². The molecule has 0 heterocycles. The van der Waals surface area contributed by atoms with Crippen LogP contribution in [0.3, 0.4) is 0 Å². The van der Waals surface area contributed by atoms with Gasteiger partial charge >= 0.3 is 0 Å². The molecule has 6 nitrogen and oxygen atoms in total. The van der Waals surface area contributed by atoms with Crippen molar-refractivity contribution in [2.24, 2.45) is 5.14 Å². The van der Waals surface area contributed by atoms with Gasteiger partial charge in [-0.15, -0.1) is 0 Å². The first-order valence-electron chi connectivity index (χ1n) is 5.27. The quantitative estimate of drug-likeness (QED) is 0.508. The average Bonchev–Trinajstić information content (AvgIpc) is 2.24. The second-order valence-electron chi connectivity index (χ2n) is 3.85. The highest BCUT2D eigenvalue weighted by molar-refractivity contribution is 7.89. The Morgan fingerprint density at radius 1 is 1.39 bits per heavy atom. The fourth-order valence-corrected chi connectivity index (χ4v) is 2.48. The van der Waals surface area contributed by atoms with Gasteiger partial charge in [-0.3, -0.25) is 4.21 Å². The zero-order chi connectivity index (χ0) is 13.8. The maximum absolute atomic E-state index is 11.1. The Labute approximate surface area is 109 Å². The van der Waals surface area contributed by atoms with E-state index in [0.29, 0.717) is 23.7 Å². The summed E-state index contributed by atoms with van der Waals surface area (Å²) in [6.45, 7) is 0.624. The van der Waals surface area contributed by atoms with Gasteiger partial charge in [0.2, 0.25) is 10.0 Å². The predicted octanol–water partition coefficient (Wildman–Crippen LogP) is 0.0967. The molecule has 5 N–H and O–H groups in total. The van der Waals surface area contributed by atoms with Gasteiger partial charge in [-0.2, -0.15) is 0 Å². The Hall–Kier alpha value is -1.12. The Morgan fingerprint density at radius 3 is 2.56 bits per heavy atom. The van der Waals surface area contributed by atoms with Crippen LogP contribution in [0.1, 0.15) is 6.42 Å². The SMILES string of the molecule is CS(=O)CCCNc1ccc(S(N)(=O)=O)cc1N. The number of primary sulfonamides is 1. The molecule has 1 rings (SSSR count). The Kier molecular flexibility index (Phi) is 5.12. The lowest BCUT2D eigenvalue weighted by Gasteiger charge is -2.10. The molecule has 0 saturated heterocycles. The molecule has 1 atom stereocenters. The van der Waals surface area contributed by atoms with Crippen molar-refractivity contribution in [2.75, 3.05) is 29.6 Å². The molecule has 8 heteroatoms. The van der Waals surface area contributed by atoms with E-state index in [-0.39, 0.29) is 4.90 Å². The van der Waals surface area contributed by atoms with Crippen molar-refractivity contribution in [1.82, 2.24) is 0 Å². The number of sulfonamides is 1. The predicted molar refractivity (Wildman–Crippen MR) is 74.3 cm³/mol. The van der Waals surface area contributed by atoms with E-state index in [4.69, 9.17) is 10.9 Å². The first kappa shape index (κ1) is 14.9. The monoisotopic (exact) mass is 291 g/mol. The van der Waals surface area contributed by atoms with Gasteiger partial charge in [-0.1, -0.05) is 0 Å². The normalized spacial score (nSPS) is 13.2. The third-order valence-corrected chi connectivity index (χ3v) is 4.05. The largest absolute Gasteiger partial charge is 0.397 e. The molecule has 0 fully saturated rings. The molecule has 18 heavy (non-hydrogen) atoms. The number of anilines is 2. The first-order valence-corrected chi connectivity index (χ1v) is 8.54. The van der Waals surface area contributed by atoms with Crippen LogP contribution in [-0.2, 0) is 20.8 Å². The maximum Gasteiger partial charge on any atom is 0.238 e. The molecule has 102 valence electrons. The van der Waals surface area contributed by atoms with Crippen molar-refractivity contribution < 1.29 is 12.6 Å². The standard InChI is InChI=1S/C10H17N3O3S2/c1-17(14)6-2-5-13-10-4-3-8(7-9(10)11)18(12,15)16/h3-4,7,13H,2,5-6,11H2,1H3,(H2,12,15,16). The summed E-state index contributed by atoms with van der Waals surface area (Å²) in [6, 6.07) is 4.28. The summed E-state index contributed by atoms with van der Waals surface area (Å²) >= 11 is 0. The minimum atomic E-state index is -3.73. The van der Waals surface area contributed by atoms with E-state index in [9.17, 15) is 12.6 Å². The summed E-state index contributed by atoms with van der Waals surface area (Å²) in [7, 11) is -4.54. The van der Waals surface area contributed by atoms with Crippen molar-refractivity contribution in [3.05, 3.63) is 18.2 Å². The van der Waals surface area contributed by atoms with Crippen LogP contribution in [-0.4, -0.2) is 31.2 Å². The van der Waals surface area contributed by atoms with Crippen molar-refractivity contribution >= 4 is 32.2 Å². The molecular formula is C10H17N3O3S2. The van der Waals surface area contributed by atoms with E-state index >= 15 is 0 Å². The highest BCUT2D eigenvalue weighted by atomic mass is 32.2. The van der Waals surface area contributed by atoms with Gasteiger partial charge < -0.3 is 11.1 Å². The van der Waals surface area contributed by atoms with Crippen molar-refractivity contribution in [1.29, 1.82) is 0 Å². The smallest absolute Gasteiger partial charge is 0.238 e. The highest BCUT2D eigenvalue weighted by Crippen LogP contribution is 2.21. The number of rotatable bonds is 6. The molecule has 0 spiro atoms. The van der Waals surface area contributed by atoms with E-state index in [1.807, 2.05) is 0 Å². The second-order valence-corrected chi connectivity index (χ2v) is 6.97. The van der Waals surface area contributed by atoms with E-state index in [1.165, 1.54) is 12.1 Å². The minimum absolute atomic E-state index is 0.0137. The van der Waals surface area contributed by atoms with E-state index < -0.39 is 20.8 Å². The van der Waals surface area contributed by atoms with Crippen LogP contribution in [0.25, 0.3) is 0 Å². The fourth-order valence-electron chi connectivity index (χ4n) is 1.38. The molecule has 0 aromatic heterocycles.